The molecular weight excluding hydrogens is 1390 g/mol. The van der Waals surface area contributed by atoms with Crippen LogP contribution < -0.4 is 5.46 Å². The second-order valence-electron chi connectivity index (χ2n) is 31.5. The third-order valence-corrected chi connectivity index (χ3v) is 25.2. The Kier molecular flexibility index (Phi) is 18.0. The third kappa shape index (κ3) is 13.2. The van der Waals surface area contributed by atoms with Gasteiger partial charge in [0.1, 0.15) is 0 Å². The Morgan fingerprint density at radius 1 is 0.306 bits per heavy atom. The Morgan fingerprint density at radius 2 is 0.593 bits per heavy atom. The maximum atomic E-state index is 9.23. The van der Waals surface area contributed by atoms with Crippen molar-refractivity contribution in [3.63, 3.8) is 0 Å². The van der Waals surface area contributed by atoms with E-state index < -0.39 is 7.12 Å². The molecule has 14 aromatic rings. The van der Waals surface area contributed by atoms with Crippen LogP contribution >= 0.6 is 15.9 Å². The fourth-order valence-corrected chi connectivity index (χ4v) is 20.9. The van der Waals surface area contributed by atoms with Gasteiger partial charge in [-0.1, -0.05) is 271 Å². The number of aromatic nitrogens is 6. The molecule has 12 aromatic carbocycles. The monoisotopic (exact) mass is 1460 g/mol. The van der Waals surface area contributed by atoms with Crippen LogP contribution in [0.1, 0.15) is 110 Å². The maximum Gasteiger partial charge on any atom is 0.488 e. The molecule has 12 heteroatoms. The molecule has 8 fully saturated rings. The van der Waals surface area contributed by atoms with Crippen LogP contribution in [0, 0.1) is 46.3 Å². The van der Waals surface area contributed by atoms with Crippen LogP contribution in [0.15, 0.2) is 296 Å². The number of hydrogen-bond donors (Lipinski definition) is 2. The van der Waals surface area contributed by atoms with Crippen molar-refractivity contribution in [2.75, 3.05) is 0 Å². The Morgan fingerprint density at radius 3 is 0.944 bits per heavy atom. The lowest BCUT2D eigenvalue weighted by Crippen LogP contribution is -2.55. The molecular formula is C96H78BBrN8O2. The molecule has 524 valence electrons. The Labute approximate surface area is 639 Å². The highest BCUT2D eigenvalue weighted by Gasteiger charge is 2.60. The van der Waals surface area contributed by atoms with Crippen LogP contribution in [-0.4, -0.2) is 47.1 Å². The predicted molar refractivity (Wildman–Crippen MR) is 435 cm³/mol. The number of fused-ring (bicyclic) bond motifs is 2. The number of hydrogen-bond acceptors (Lipinski definition) is 10. The molecule has 22 rings (SSSR count). The van der Waals surface area contributed by atoms with Crippen molar-refractivity contribution >= 4 is 50.1 Å². The minimum Gasteiger partial charge on any atom is -0.423 e. The van der Waals surface area contributed by atoms with E-state index in [0.29, 0.717) is 51.1 Å². The average Bonchev–Trinajstić information content (AvgIpc) is 0.710. The van der Waals surface area contributed by atoms with E-state index in [4.69, 9.17) is 45.2 Å². The standard InChI is InChI=1S/C48H38N4.C41H34BrN3.C7H6BNO2/c49-30-32-13-15-35(16-14-32)36-17-21-40(22-18-36)47-26-33-25-34(27-47)29-48(28-33,31-47)41-23-19-39(20-24-41)45-50-44(38-8-2-1-3-9-38)51-46(52-45)43-12-6-10-37-7-4-5-11-42(37)43;42-34-19-17-33(18-20-34)41-24-27-21-28(25-41)23-40(22-27,26-41)32-15-13-31(14-16-32)38-43-37(30-8-2-1-3-9-30)44-39(45-38)36-12-6-10-29-7-4-5-11-35(29)36;9-5-6-1-3-7(4-2-6)8(10)11/h1-24,33-34H,25-29,31H2;1-20,27-28H,21-26H2;1-4,10-11H. The van der Waals surface area contributed by atoms with E-state index in [-0.39, 0.29) is 16.2 Å². The molecule has 0 aliphatic heterocycles. The van der Waals surface area contributed by atoms with Gasteiger partial charge in [0.15, 0.2) is 34.9 Å². The third-order valence-electron chi connectivity index (χ3n) is 24.7. The smallest absolute Gasteiger partial charge is 0.423 e. The molecule has 8 aliphatic rings. The van der Waals surface area contributed by atoms with E-state index >= 15 is 0 Å². The van der Waals surface area contributed by atoms with Gasteiger partial charge in [-0.15, -0.1) is 0 Å². The van der Waals surface area contributed by atoms with Crippen LogP contribution in [-0.2, 0) is 21.7 Å². The molecule has 2 heterocycles. The normalized spacial score (nSPS) is 22.5. The van der Waals surface area contributed by atoms with Gasteiger partial charge in [-0.05, 0) is 219 Å². The molecule has 0 spiro atoms. The highest BCUT2D eigenvalue weighted by Crippen LogP contribution is 2.68. The minimum atomic E-state index is -1.46. The largest absolute Gasteiger partial charge is 0.488 e. The molecule has 4 atom stereocenters. The molecule has 4 unspecified atom stereocenters. The van der Waals surface area contributed by atoms with Gasteiger partial charge in [-0.25, -0.2) is 29.9 Å². The second-order valence-corrected chi connectivity index (χ2v) is 32.4. The average molecular weight is 1470 g/mol. The van der Waals surface area contributed by atoms with Crippen LogP contribution in [0.5, 0.6) is 0 Å². The summed E-state index contributed by atoms with van der Waals surface area (Å²) in [5.74, 6) is 7.36. The van der Waals surface area contributed by atoms with Crippen LogP contribution in [0.3, 0.4) is 0 Å². The van der Waals surface area contributed by atoms with Gasteiger partial charge in [0.2, 0.25) is 0 Å². The molecule has 0 saturated heterocycles. The maximum absolute atomic E-state index is 9.23. The lowest BCUT2D eigenvalue weighted by molar-refractivity contribution is -0.0282. The van der Waals surface area contributed by atoms with Crippen molar-refractivity contribution in [2.24, 2.45) is 23.7 Å². The molecule has 8 saturated carbocycles. The molecule has 2 N–H and O–H groups in total. The summed E-state index contributed by atoms with van der Waals surface area (Å²) in [6, 6.07) is 105. The molecule has 0 radical (unpaired) electrons. The quantitative estimate of drug-likeness (QED) is 0.112. The number of nitriles is 2. The van der Waals surface area contributed by atoms with Gasteiger partial charge in [0.05, 0.1) is 23.3 Å². The second kappa shape index (κ2) is 28.4. The number of nitrogens with zero attached hydrogens (tertiary/aromatic N) is 8. The summed E-state index contributed by atoms with van der Waals surface area (Å²) in [7, 11) is -1.46. The number of benzene rings is 12. The van der Waals surface area contributed by atoms with Gasteiger partial charge < -0.3 is 10.0 Å². The predicted octanol–water partition coefficient (Wildman–Crippen LogP) is 21.2. The van der Waals surface area contributed by atoms with Crippen molar-refractivity contribution in [3.8, 4) is 91.6 Å². The summed E-state index contributed by atoms with van der Waals surface area (Å²) >= 11 is 3.66. The molecule has 8 bridgehead atoms. The van der Waals surface area contributed by atoms with Crippen molar-refractivity contribution in [3.05, 3.63) is 329 Å². The lowest BCUT2D eigenvalue weighted by atomic mass is 9.41. The highest BCUT2D eigenvalue weighted by molar-refractivity contribution is 9.10. The molecule has 10 nitrogen and oxygen atoms in total. The van der Waals surface area contributed by atoms with Crippen molar-refractivity contribution < 1.29 is 10.0 Å². The molecule has 108 heavy (non-hydrogen) atoms. The van der Waals surface area contributed by atoms with E-state index in [0.717, 1.165) is 79.2 Å². The van der Waals surface area contributed by atoms with Gasteiger partial charge >= 0.3 is 7.12 Å². The summed E-state index contributed by atoms with van der Waals surface area (Å²) in [5.41, 5.74) is 17.0. The number of halogens is 1. The molecule has 8 aliphatic carbocycles. The van der Waals surface area contributed by atoms with E-state index in [1.807, 2.05) is 54.6 Å². The Hall–Kier alpha value is -11.4. The van der Waals surface area contributed by atoms with Crippen molar-refractivity contribution in [2.45, 2.75) is 98.7 Å². The van der Waals surface area contributed by atoms with Crippen molar-refractivity contribution in [1.29, 1.82) is 10.5 Å². The SMILES string of the molecule is Brc1ccc(C23CC4CC(C2)CC(c2ccc(-c5nc(-c6ccccc6)nc(-c6cccc7ccccc67)n5)cc2)(C4)C3)cc1.N#Cc1ccc(-c2ccc(C34CC5CC(C3)CC(c3ccc(-c6nc(-c7ccccc7)nc(-c7cccc8ccccc78)n6)cc3)(C5)C4)cc2)cc1.N#Cc1ccc(B(O)O)cc1. The van der Waals surface area contributed by atoms with E-state index in [1.165, 1.54) is 139 Å². The zero-order valence-corrected chi connectivity index (χ0v) is 61.5. The fraction of sp³-hybridized carbons (Fsp3) is 0.208. The topological polar surface area (TPSA) is 165 Å². The first kappa shape index (κ1) is 68.4. The zero-order valence-electron chi connectivity index (χ0n) is 59.9. The molecule has 0 amide bonds. The molecule has 2 aromatic heterocycles. The van der Waals surface area contributed by atoms with Crippen LogP contribution in [0.25, 0.3) is 101 Å². The Balaban J connectivity index is 0.000000134. The van der Waals surface area contributed by atoms with E-state index in [1.54, 1.807) is 5.56 Å². The van der Waals surface area contributed by atoms with Gasteiger partial charge in [-0.2, -0.15) is 10.5 Å². The zero-order chi connectivity index (χ0) is 73.0. The van der Waals surface area contributed by atoms with Crippen molar-refractivity contribution in [1.82, 2.24) is 29.9 Å². The lowest BCUT2D eigenvalue weighted by Gasteiger charge is -2.63. The van der Waals surface area contributed by atoms with Gasteiger partial charge in [0, 0.05) is 37.9 Å². The summed E-state index contributed by atoms with van der Waals surface area (Å²) in [6.07, 6.45) is 15.7. The minimum absolute atomic E-state index is 0.191. The first-order valence-corrected chi connectivity index (χ1v) is 38.7. The van der Waals surface area contributed by atoms with Crippen LogP contribution in [0.2, 0.25) is 0 Å². The summed E-state index contributed by atoms with van der Waals surface area (Å²) in [5, 5.41) is 39.6. The number of rotatable bonds is 12. The first-order valence-electron chi connectivity index (χ1n) is 37.9. The summed E-state index contributed by atoms with van der Waals surface area (Å²) in [4.78, 5) is 30.3. The fourth-order valence-electron chi connectivity index (χ4n) is 20.6. The van der Waals surface area contributed by atoms with Gasteiger partial charge in [0.25, 0.3) is 0 Å². The summed E-state index contributed by atoms with van der Waals surface area (Å²) < 4.78 is 1.17. The highest BCUT2D eigenvalue weighted by atomic mass is 79.9. The Bertz CT molecular complexity index is 5710. The summed E-state index contributed by atoms with van der Waals surface area (Å²) in [6.45, 7) is 0. The van der Waals surface area contributed by atoms with Gasteiger partial charge in [-0.3, -0.25) is 0 Å². The van der Waals surface area contributed by atoms with E-state index in [9.17, 15) is 5.26 Å². The van der Waals surface area contributed by atoms with E-state index in [2.05, 4.69) is 240 Å². The first-order chi connectivity index (χ1) is 52.9. The van der Waals surface area contributed by atoms with Crippen LogP contribution in [0.4, 0.5) is 0 Å².